The van der Waals surface area contributed by atoms with Crippen LogP contribution < -0.4 is 0 Å². The molecule has 5 rings (SSSR count). The molecule has 1 aliphatic rings. The van der Waals surface area contributed by atoms with Crippen LogP contribution in [0.3, 0.4) is 0 Å². The second kappa shape index (κ2) is 9.03. The van der Waals surface area contributed by atoms with E-state index in [0.29, 0.717) is 0 Å². The van der Waals surface area contributed by atoms with Crippen molar-refractivity contribution in [2.24, 2.45) is 0 Å². The number of hydrogen-bond donors (Lipinski definition) is 0. The Morgan fingerprint density at radius 3 is 1.48 bits per heavy atom. The van der Waals surface area contributed by atoms with E-state index in [0.717, 1.165) is 31.2 Å². The van der Waals surface area contributed by atoms with Gasteiger partial charge in [0.2, 0.25) is 0 Å². The Balaban J connectivity index is 1.92. The molecule has 1 heterocycles. The van der Waals surface area contributed by atoms with Gasteiger partial charge >= 0.3 is 200 Å². The normalized spacial score (nSPS) is 15.1. The first-order chi connectivity index (χ1) is 16.2. The van der Waals surface area contributed by atoms with E-state index < -0.39 is 5.41 Å². The Morgan fingerprint density at radius 2 is 1.03 bits per heavy atom. The van der Waals surface area contributed by atoms with Crippen LogP contribution in [-0.4, -0.2) is 19.9 Å². The van der Waals surface area contributed by atoms with E-state index >= 15 is 0 Å². The van der Waals surface area contributed by atoms with Gasteiger partial charge in [-0.1, -0.05) is 0 Å². The van der Waals surface area contributed by atoms with Gasteiger partial charge in [0, 0.05) is 0 Å². The van der Waals surface area contributed by atoms with Gasteiger partial charge in [-0.3, -0.25) is 0 Å². The summed E-state index contributed by atoms with van der Waals surface area (Å²) < 4.78 is 1.95. The molecule has 0 bridgehead atoms. The van der Waals surface area contributed by atoms with Gasteiger partial charge < -0.3 is 0 Å². The van der Waals surface area contributed by atoms with E-state index in [9.17, 15) is 10.1 Å². The number of rotatable bonds is 5. The van der Waals surface area contributed by atoms with E-state index in [1.54, 1.807) is 0 Å². The summed E-state index contributed by atoms with van der Waals surface area (Å²) >= 11 is -0.238. The van der Waals surface area contributed by atoms with Crippen LogP contribution in [0.4, 0.5) is 0 Å². The standard InChI is InChI=1S/C29H21NO2Se/c31-30(32)28-27(23-15-7-2-8-16-23)33-26(22-13-5-1-6-14-22)21-29(28,24-17-9-3-10-18-24)25-19-11-4-12-20-25/h1-21H. The van der Waals surface area contributed by atoms with Gasteiger partial charge in [-0.05, 0) is 0 Å². The third kappa shape index (κ3) is 3.84. The van der Waals surface area contributed by atoms with Gasteiger partial charge in [-0.15, -0.1) is 0 Å². The molecule has 0 spiro atoms. The van der Waals surface area contributed by atoms with Crippen molar-refractivity contribution >= 4 is 23.9 Å². The van der Waals surface area contributed by atoms with Crippen LogP contribution in [0.25, 0.3) is 8.94 Å². The molecule has 0 fully saturated rings. The van der Waals surface area contributed by atoms with Gasteiger partial charge in [-0.2, -0.15) is 0 Å². The van der Waals surface area contributed by atoms with Crippen LogP contribution in [0.5, 0.6) is 0 Å². The van der Waals surface area contributed by atoms with Crippen molar-refractivity contribution in [1.29, 1.82) is 0 Å². The van der Waals surface area contributed by atoms with Crippen molar-refractivity contribution in [2.45, 2.75) is 5.41 Å². The molecule has 3 nitrogen and oxygen atoms in total. The summed E-state index contributed by atoms with van der Waals surface area (Å²) in [5.41, 5.74) is 3.01. The number of allylic oxidation sites excluding steroid dienone is 1. The van der Waals surface area contributed by atoms with Crippen LogP contribution in [-0.2, 0) is 5.41 Å². The van der Waals surface area contributed by atoms with Gasteiger partial charge in [0.05, 0.1) is 0 Å². The van der Waals surface area contributed by atoms with Crippen LogP contribution in [0.15, 0.2) is 133 Å². The predicted molar refractivity (Wildman–Crippen MR) is 134 cm³/mol. The molecular weight excluding hydrogens is 473 g/mol. The number of benzene rings is 4. The molecular formula is C29H21NO2Se. The second-order valence-corrected chi connectivity index (χ2v) is 10.0. The number of nitro groups is 1. The Hall–Kier alpha value is -3.72. The molecule has 0 aromatic heterocycles. The summed E-state index contributed by atoms with van der Waals surface area (Å²) in [4.78, 5) is 12.7. The first-order valence-corrected chi connectivity index (χ1v) is 12.4. The van der Waals surface area contributed by atoms with Gasteiger partial charge in [0.25, 0.3) is 0 Å². The molecule has 4 aromatic rings. The summed E-state index contributed by atoms with van der Waals surface area (Å²) in [5, 5.41) is 12.9. The van der Waals surface area contributed by atoms with Crippen molar-refractivity contribution in [3.05, 3.63) is 165 Å². The van der Waals surface area contributed by atoms with Gasteiger partial charge in [0.1, 0.15) is 0 Å². The average molecular weight is 494 g/mol. The summed E-state index contributed by atoms with van der Waals surface area (Å²) in [6.07, 6.45) is 2.14. The van der Waals surface area contributed by atoms with Crippen molar-refractivity contribution in [2.75, 3.05) is 0 Å². The summed E-state index contributed by atoms with van der Waals surface area (Å²) in [6, 6.07) is 39.7. The average Bonchev–Trinajstić information content (AvgIpc) is 2.90. The Labute approximate surface area is 199 Å². The third-order valence-electron chi connectivity index (χ3n) is 5.88. The molecule has 0 aliphatic carbocycles. The Morgan fingerprint density at radius 1 is 0.606 bits per heavy atom. The van der Waals surface area contributed by atoms with E-state index in [1.807, 2.05) is 109 Å². The first kappa shape index (κ1) is 21.1. The fourth-order valence-corrected chi connectivity index (χ4v) is 7.12. The van der Waals surface area contributed by atoms with Gasteiger partial charge in [-0.25, -0.2) is 0 Å². The first-order valence-electron chi connectivity index (χ1n) is 10.7. The molecule has 4 heteroatoms. The SMILES string of the molecule is O=[N+]([O-])C1=C(c2ccccc2)[Se]C(c2ccccc2)=CC1(c1ccccc1)c1ccccc1. The van der Waals surface area contributed by atoms with Crippen LogP contribution in [0.2, 0.25) is 0 Å². The van der Waals surface area contributed by atoms with Gasteiger partial charge in [0.15, 0.2) is 0 Å². The van der Waals surface area contributed by atoms with Crippen molar-refractivity contribution in [3.63, 3.8) is 0 Å². The molecule has 1 aliphatic heterocycles. The molecule has 0 unspecified atom stereocenters. The Kier molecular flexibility index (Phi) is 5.78. The quantitative estimate of drug-likeness (QED) is 0.184. The predicted octanol–water partition coefficient (Wildman–Crippen LogP) is 6.38. The molecule has 33 heavy (non-hydrogen) atoms. The molecule has 0 amide bonds. The summed E-state index contributed by atoms with van der Waals surface area (Å²) in [6.45, 7) is 0. The minimum atomic E-state index is -1.01. The van der Waals surface area contributed by atoms with Crippen LogP contribution >= 0.6 is 0 Å². The molecule has 0 atom stereocenters. The molecule has 4 aromatic carbocycles. The Bertz CT molecular complexity index is 1290. The second-order valence-electron chi connectivity index (χ2n) is 7.82. The molecule has 0 saturated carbocycles. The van der Waals surface area contributed by atoms with E-state index in [-0.39, 0.29) is 25.6 Å². The maximum atomic E-state index is 12.9. The summed E-state index contributed by atoms with van der Waals surface area (Å²) in [7, 11) is 0. The minimum absolute atomic E-state index is 0.164. The number of nitrogens with zero attached hydrogens (tertiary/aromatic N) is 1. The van der Waals surface area contributed by atoms with Crippen molar-refractivity contribution in [3.8, 4) is 0 Å². The zero-order valence-electron chi connectivity index (χ0n) is 17.8. The molecule has 0 N–H and O–H groups in total. The van der Waals surface area contributed by atoms with Crippen LogP contribution in [0, 0.1) is 10.1 Å². The van der Waals surface area contributed by atoms with Crippen LogP contribution in [0.1, 0.15) is 22.3 Å². The monoisotopic (exact) mass is 495 g/mol. The van der Waals surface area contributed by atoms with Crippen molar-refractivity contribution < 1.29 is 4.92 Å². The molecule has 160 valence electrons. The van der Waals surface area contributed by atoms with E-state index in [4.69, 9.17) is 0 Å². The third-order valence-corrected chi connectivity index (χ3v) is 8.41. The maximum absolute atomic E-state index is 12.9. The van der Waals surface area contributed by atoms with Crippen molar-refractivity contribution in [1.82, 2.24) is 0 Å². The summed E-state index contributed by atoms with van der Waals surface area (Å²) in [5.74, 6) is 0. The topological polar surface area (TPSA) is 43.1 Å². The zero-order valence-corrected chi connectivity index (χ0v) is 19.5. The molecule has 0 radical (unpaired) electrons. The zero-order chi connectivity index (χ0) is 22.7. The number of hydrogen-bond acceptors (Lipinski definition) is 2. The fraction of sp³-hybridized carbons (Fsp3) is 0.0345. The van der Waals surface area contributed by atoms with E-state index in [1.165, 1.54) is 0 Å². The van der Waals surface area contributed by atoms with E-state index in [2.05, 4.69) is 18.2 Å². The fourth-order valence-electron chi connectivity index (χ4n) is 4.40. The molecule has 0 saturated heterocycles.